The Morgan fingerprint density at radius 1 is 1.09 bits per heavy atom. The van der Waals surface area contributed by atoms with E-state index in [4.69, 9.17) is 10.00 Å². The summed E-state index contributed by atoms with van der Waals surface area (Å²) in [5.74, 6) is 0.292. The summed E-state index contributed by atoms with van der Waals surface area (Å²) in [6.45, 7) is 1.68. The fourth-order valence-electron chi connectivity index (χ4n) is 1.85. The van der Waals surface area contributed by atoms with Crippen molar-refractivity contribution >= 4 is 17.4 Å². The number of carbonyl (C=O) groups excluding carboxylic acids is 2. The molecule has 0 radical (unpaired) electrons. The maximum absolute atomic E-state index is 12.1. The van der Waals surface area contributed by atoms with Gasteiger partial charge in [0, 0.05) is 17.7 Å². The topological polar surface area (TPSA) is 79.2 Å². The van der Waals surface area contributed by atoms with Gasteiger partial charge >= 0.3 is 0 Å². The Hall–Kier alpha value is -3.13. The van der Waals surface area contributed by atoms with Gasteiger partial charge in [-0.1, -0.05) is 6.92 Å². The van der Waals surface area contributed by atoms with Gasteiger partial charge in [0.25, 0.3) is 0 Å². The average molecular weight is 308 g/mol. The lowest BCUT2D eigenvalue weighted by molar-refractivity contribution is -0.115. The van der Waals surface area contributed by atoms with Gasteiger partial charge in [-0.15, -0.1) is 0 Å². The van der Waals surface area contributed by atoms with Crippen LogP contribution in [-0.2, 0) is 4.79 Å². The Labute approximate surface area is 134 Å². The van der Waals surface area contributed by atoms with Gasteiger partial charge in [-0.05, 0) is 48.5 Å². The quantitative estimate of drug-likeness (QED) is 0.831. The van der Waals surface area contributed by atoms with E-state index in [0.29, 0.717) is 29.0 Å². The second kappa shape index (κ2) is 7.76. The second-order valence-corrected chi connectivity index (χ2v) is 4.83. The van der Waals surface area contributed by atoms with Gasteiger partial charge in [0.15, 0.2) is 12.4 Å². The predicted molar refractivity (Wildman–Crippen MR) is 86.3 cm³/mol. The van der Waals surface area contributed by atoms with E-state index in [-0.39, 0.29) is 18.3 Å². The number of ether oxygens (including phenoxy) is 1. The van der Waals surface area contributed by atoms with Gasteiger partial charge in [-0.25, -0.2) is 0 Å². The molecule has 0 bridgehead atoms. The highest BCUT2D eigenvalue weighted by atomic mass is 16.5. The van der Waals surface area contributed by atoms with Crippen molar-refractivity contribution in [3.8, 4) is 11.8 Å². The van der Waals surface area contributed by atoms with Crippen LogP contribution in [0.25, 0.3) is 0 Å². The highest BCUT2D eigenvalue weighted by Gasteiger charge is 2.07. The molecule has 2 aromatic rings. The molecule has 0 saturated heterocycles. The minimum atomic E-state index is -0.164. The van der Waals surface area contributed by atoms with Gasteiger partial charge in [0.05, 0.1) is 11.6 Å². The van der Waals surface area contributed by atoms with Crippen LogP contribution in [0.5, 0.6) is 5.75 Å². The molecule has 0 aliphatic carbocycles. The van der Waals surface area contributed by atoms with E-state index in [0.717, 1.165) is 0 Å². The Balaban J connectivity index is 1.92. The van der Waals surface area contributed by atoms with Crippen molar-refractivity contribution in [2.24, 2.45) is 0 Å². The lowest BCUT2D eigenvalue weighted by Gasteiger charge is -2.07. The Kier molecular flexibility index (Phi) is 5.48. The van der Waals surface area contributed by atoms with Crippen molar-refractivity contribution in [3.05, 3.63) is 59.7 Å². The number of hydrogen-bond donors (Lipinski definition) is 1. The number of nitrogens with one attached hydrogen (secondary N) is 1. The van der Waals surface area contributed by atoms with Crippen LogP contribution < -0.4 is 10.1 Å². The highest BCUT2D eigenvalue weighted by Crippen LogP contribution is 2.14. The largest absolute Gasteiger partial charge is 0.485 e. The molecule has 0 heterocycles. The number of nitriles is 1. The van der Waals surface area contributed by atoms with E-state index in [1.807, 2.05) is 6.07 Å². The van der Waals surface area contributed by atoms with Crippen LogP contribution in [0.3, 0.4) is 0 Å². The van der Waals surface area contributed by atoms with Gasteiger partial charge in [0.2, 0.25) is 5.91 Å². The first kappa shape index (κ1) is 16.2. The predicted octanol–water partition coefficient (Wildman–Crippen LogP) is 3.17. The third kappa shape index (κ3) is 4.68. The summed E-state index contributed by atoms with van der Waals surface area (Å²) in [5, 5.41) is 11.4. The molecule has 0 fully saturated rings. The fraction of sp³-hybridized carbons (Fsp3) is 0.167. The molecule has 0 aliphatic heterocycles. The minimum Gasteiger partial charge on any atom is -0.485 e. The first-order chi connectivity index (χ1) is 11.1. The van der Waals surface area contributed by atoms with Crippen LogP contribution >= 0.6 is 0 Å². The van der Waals surface area contributed by atoms with Gasteiger partial charge in [-0.2, -0.15) is 5.26 Å². The maximum Gasteiger partial charge on any atom is 0.224 e. The molecule has 2 aromatic carbocycles. The molecule has 5 heteroatoms. The van der Waals surface area contributed by atoms with E-state index >= 15 is 0 Å². The van der Waals surface area contributed by atoms with Gasteiger partial charge in [0.1, 0.15) is 5.75 Å². The lowest BCUT2D eigenvalue weighted by Crippen LogP contribution is -2.12. The second-order valence-electron chi connectivity index (χ2n) is 4.83. The Morgan fingerprint density at radius 2 is 1.74 bits per heavy atom. The zero-order chi connectivity index (χ0) is 16.7. The molecule has 1 N–H and O–H groups in total. The van der Waals surface area contributed by atoms with Gasteiger partial charge in [-0.3, -0.25) is 9.59 Å². The first-order valence-electron chi connectivity index (χ1n) is 7.18. The summed E-state index contributed by atoms with van der Waals surface area (Å²) in [5.41, 5.74) is 1.70. The third-order valence-corrected chi connectivity index (χ3v) is 3.17. The smallest absolute Gasteiger partial charge is 0.224 e. The summed E-state index contributed by atoms with van der Waals surface area (Å²) in [6, 6.07) is 15.2. The van der Waals surface area contributed by atoms with Crippen molar-refractivity contribution < 1.29 is 14.3 Å². The molecular formula is C18H16N2O3. The zero-order valence-electron chi connectivity index (χ0n) is 12.7. The van der Waals surface area contributed by atoms with Crippen molar-refractivity contribution in [2.45, 2.75) is 13.3 Å². The molecule has 2 rings (SSSR count). The molecular weight excluding hydrogens is 292 g/mol. The monoisotopic (exact) mass is 308 g/mol. The molecule has 5 nitrogen and oxygen atoms in total. The van der Waals surface area contributed by atoms with Crippen molar-refractivity contribution in [1.82, 2.24) is 0 Å². The maximum atomic E-state index is 12.1. The number of ketones is 1. The van der Waals surface area contributed by atoms with E-state index in [2.05, 4.69) is 5.32 Å². The number of carbonyl (C=O) groups is 2. The van der Waals surface area contributed by atoms with Crippen LogP contribution in [-0.4, -0.2) is 18.3 Å². The highest BCUT2D eigenvalue weighted by molar-refractivity contribution is 5.98. The van der Waals surface area contributed by atoms with E-state index in [9.17, 15) is 9.59 Å². The number of Topliss-reactive ketones (excluding diaryl/α,β-unsaturated/α-hetero) is 1. The van der Waals surface area contributed by atoms with Crippen LogP contribution in [0.1, 0.15) is 29.3 Å². The van der Waals surface area contributed by atoms with Crippen LogP contribution in [0.4, 0.5) is 5.69 Å². The molecule has 116 valence electrons. The molecule has 0 aliphatic rings. The number of hydrogen-bond acceptors (Lipinski definition) is 4. The van der Waals surface area contributed by atoms with Gasteiger partial charge < -0.3 is 10.1 Å². The summed E-state index contributed by atoms with van der Waals surface area (Å²) in [7, 11) is 0. The van der Waals surface area contributed by atoms with E-state index < -0.39 is 0 Å². The molecule has 0 atom stereocenters. The number of rotatable bonds is 6. The minimum absolute atomic E-state index is 0.0757. The van der Waals surface area contributed by atoms with Crippen LogP contribution in [0.2, 0.25) is 0 Å². The summed E-state index contributed by atoms with van der Waals surface area (Å²) < 4.78 is 5.41. The molecule has 0 aromatic heterocycles. The van der Waals surface area contributed by atoms with Crippen molar-refractivity contribution in [3.63, 3.8) is 0 Å². The number of anilines is 1. The fourth-order valence-corrected chi connectivity index (χ4v) is 1.85. The summed E-state index contributed by atoms with van der Waals surface area (Å²) in [6.07, 6.45) is 0.402. The zero-order valence-corrected chi connectivity index (χ0v) is 12.7. The van der Waals surface area contributed by atoms with Crippen molar-refractivity contribution in [2.75, 3.05) is 11.9 Å². The number of amides is 1. The first-order valence-corrected chi connectivity index (χ1v) is 7.18. The van der Waals surface area contributed by atoms with E-state index in [1.54, 1.807) is 55.5 Å². The molecule has 23 heavy (non-hydrogen) atoms. The average Bonchev–Trinajstić information content (AvgIpc) is 2.60. The summed E-state index contributed by atoms with van der Waals surface area (Å²) >= 11 is 0. The molecule has 0 unspecified atom stereocenters. The van der Waals surface area contributed by atoms with E-state index in [1.165, 1.54) is 0 Å². The molecule has 1 amide bonds. The van der Waals surface area contributed by atoms with Crippen LogP contribution in [0.15, 0.2) is 48.5 Å². The van der Waals surface area contributed by atoms with Crippen molar-refractivity contribution in [1.29, 1.82) is 5.26 Å². The number of benzene rings is 2. The standard InChI is InChI=1S/C18H16N2O3/c1-2-18(22)20-15-7-5-14(6-8-15)17(21)12-23-16-9-3-13(11-19)4-10-16/h3-10H,2,12H2,1H3,(H,20,22). The SMILES string of the molecule is CCC(=O)Nc1ccc(C(=O)COc2ccc(C#N)cc2)cc1. The Morgan fingerprint density at radius 3 is 2.30 bits per heavy atom. The Bertz CT molecular complexity index is 728. The molecule has 0 saturated carbocycles. The molecule has 0 spiro atoms. The number of nitrogens with zero attached hydrogens (tertiary/aromatic N) is 1. The normalized spacial score (nSPS) is 9.74. The third-order valence-electron chi connectivity index (χ3n) is 3.17. The van der Waals surface area contributed by atoms with Crippen LogP contribution in [0, 0.1) is 11.3 Å². The lowest BCUT2D eigenvalue weighted by atomic mass is 10.1. The summed E-state index contributed by atoms with van der Waals surface area (Å²) in [4.78, 5) is 23.4.